The standard InChI is InChI=1S/C21H24N4O/c1-25-11-10-22-20(25)19(13-6-7-13)24-21(26)14-8-9-18-16(12-14)15-4-2-3-5-17(15)23-18/h8-13,19,23H,2-7H2,1H3,(H,24,26)/t19-/m0/s1. The van der Waals surface area contributed by atoms with Crippen LogP contribution in [-0.2, 0) is 19.9 Å². The SMILES string of the molecule is Cn1ccnc1[C@@H](NC(=O)c1ccc2[nH]c3c(c2c1)CCCC3)C1CC1. The Morgan fingerprint density at radius 2 is 2.15 bits per heavy atom. The van der Waals surface area contributed by atoms with Crippen molar-refractivity contribution in [2.45, 2.75) is 44.6 Å². The lowest BCUT2D eigenvalue weighted by Gasteiger charge is -2.18. The van der Waals surface area contributed by atoms with Crippen molar-refractivity contribution in [2.75, 3.05) is 0 Å². The lowest BCUT2D eigenvalue weighted by Crippen LogP contribution is -2.31. The number of nitrogens with zero attached hydrogens (tertiary/aromatic N) is 2. The molecule has 5 nitrogen and oxygen atoms in total. The second kappa shape index (κ2) is 6.01. The third kappa shape index (κ3) is 2.62. The number of carbonyl (C=O) groups is 1. The van der Waals surface area contributed by atoms with E-state index in [0.29, 0.717) is 5.92 Å². The van der Waals surface area contributed by atoms with Gasteiger partial charge < -0.3 is 14.9 Å². The second-order valence-electron chi connectivity index (χ2n) is 7.73. The third-order valence-corrected chi connectivity index (χ3v) is 5.88. The number of H-pyrrole nitrogens is 1. The van der Waals surface area contributed by atoms with Crippen LogP contribution in [0.4, 0.5) is 0 Å². The van der Waals surface area contributed by atoms with Crippen molar-refractivity contribution in [3.63, 3.8) is 0 Å². The molecule has 26 heavy (non-hydrogen) atoms. The molecule has 0 saturated heterocycles. The van der Waals surface area contributed by atoms with Gasteiger partial charge in [0.25, 0.3) is 5.91 Å². The number of carbonyl (C=O) groups excluding carboxylic acids is 1. The van der Waals surface area contributed by atoms with E-state index in [1.165, 1.54) is 29.5 Å². The topological polar surface area (TPSA) is 62.7 Å². The quantitative estimate of drug-likeness (QED) is 0.756. The number of imidazole rings is 1. The summed E-state index contributed by atoms with van der Waals surface area (Å²) in [5.41, 5.74) is 4.65. The van der Waals surface area contributed by atoms with Gasteiger partial charge in [-0.1, -0.05) is 0 Å². The molecule has 0 aliphatic heterocycles. The molecule has 0 spiro atoms. The van der Waals surface area contributed by atoms with E-state index < -0.39 is 0 Å². The Labute approximate surface area is 152 Å². The highest BCUT2D eigenvalue weighted by Crippen LogP contribution is 2.40. The third-order valence-electron chi connectivity index (χ3n) is 5.88. The Morgan fingerprint density at radius 3 is 2.92 bits per heavy atom. The van der Waals surface area contributed by atoms with E-state index in [1.807, 2.05) is 23.9 Å². The van der Waals surface area contributed by atoms with Gasteiger partial charge in [-0.25, -0.2) is 4.98 Å². The predicted molar refractivity (Wildman–Crippen MR) is 101 cm³/mol. The summed E-state index contributed by atoms with van der Waals surface area (Å²) in [4.78, 5) is 21.0. The fourth-order valence-electron chi connectivity index (χ4n) is 4.27. The first-order valence-corrected chi connectivity index (χ1v) is 9.62. The normalized spacial score (nSPS) is 17.9. The molecule has 2 aliphatic rings. The van der Waals surface area contributed by atoms with E-state index in [1.54, 1.807) is 6.20 Å². The Bertz CT molecular complexity index is 979. The zero-order valence-corrected chi connectivity index (χ0v) is 15.1. The van der Waals surface area contributed by atoms with Crippen molar-refractivity contribution in [1.29, 1.82) is 0 Å². The number of aromatic amines is 1. The largest absolute Gasteiger partial charge is 0.358 e. The summed E-state index contributed by atoms with van der Waals surface area (Å²) >= 11 is 0. The number of amides is 1. The van der Waals surface area contributed by atoms with Crippen LogP contribution in [0.25, 0.3) is 10.9 Å². The van der Waals surface area contributed by atoms with Crippen LogP contribution >= 0.6 is 0 Å². The van der Waals surface area contributed by atoms with Crippen molar-refractivity contribution in [3.8, 4) is 0 Å². The lowest BCUT2D eigenvalue weighted by atomic mass is 9.95. The number of fused-ring (bicyclic) bond motifs is 3. The number of hydrogen-bond acceptors (Lipinski definition) is 2. The highest BCUT2D eigenvalue weighted by Gasteiger charge is 2.35. The highest BCUT2D eigenvalue weighted by molar-refractivity contribution is 5.99. The van der Waals surface area contributed by atoms with Crippen LogP contribution < -0.4 is 5.32 Å². The van der Waals surface area contributed by atoms with Gasteiger partial charge in [0.15, 0.2) is 0 Å². The number of aromatic nitrogens is 3. The number of hydrogen-bond donors (Lipinski definition) is 2. The van der Waals surface area contributed by atoms with Crippen LogP contribution in [0.15, 0.2) is 30.6 Å². The molecule has 3 aromatic rings. The van der Waals surface area contributed by atoms with E-state index in [4.69, 9.17) is 0 Å². The molecule has 1 saturated carbocycles. The molecule has 1 fully saturated rings. The summed E-state index contributed by atoms with van der Waals surface area (Å²) < 4.78 is 2.01. The molecule has 134 valence electrons. The fourth-order valence-corrected chi connectivity index (χ4v) is 4.27. The summed E-state index contributed by atoms with van der Waals surface area (Å²) in [7, 11) is 1.99. The molecule has 2 aliphatic carbocycles. The number of rotatable bonds is 4. The molecule has 2 N–H and O–H groups in total. The number of nitrogens with one attached hydrogen (secondary N) is 2. The summed E-state index contributed by atoms with van der Waals surface area (Å²) in [6.07, 6.45) is 10.8. The van der Waals surface area contributed by atoms with Crippen LogP contribution in [0.1, 0.15) is 59.2 Å². The molecule has 0 unspecified atom stereocenters. The van der Waals surface area contributed by atoms with Crippen molar-refractivity contribution >= 4 is 16.8 Å². The van der Waals surface area contributed by atoms with Crippen LogP contribution in [0, 0.1) is 5.92 Å². The predicted octanol–water partition coefficient (Wildman–Crippen LogP) is 3.66. The lowest BCUT2D eigenvalue weighted by molar-refractivity contribution is 0.0929. The van der Waals surface area contributed by atoms with Crippen molar-refractivity contribution in [1.82, 2.24) is 19.9 Å². The summed E-state index contributed by atoms with van der Waals surface area (Å²) in [5, 5.41) is 4.46. The average molecular weight is 348 g/mol. The van der Waals surface area contributed by atoms with Crippen LogP contribution in [0.5, 0.6) is 0 Å². The molecule has 1 aromatic carbocycles. The minimum absolute atomic E-state index is 0.00154. The van der Waals surface area contributed by atoms with Crippen molar-refractivity contribution < 1.29 is 4.79 Å². The first-order chi connectivity index (χ1) is 12.7. The van der Waals surface area contributed by atoms with Gasteiger partial charge in [0, 0.05) is 41.6 Å². The molecular weight excluding hydrogens is 324 g/mol. The van der Waals surface area contributed by atoms with Gasteiger partial charge in [-0.2, -0.15) is 0 Å². The molecule has 2 aromatic heterocycles. The number of aryl methyl sites for hydroxylation is 3. The highest BCUT2D eigenvalue weighted by atomic mass is 16.1. The maximum atomic E-state index is 13.0. The van der Waals surface area contributed by atoms with Crippen LogP contribution in [0.3, 0.4) is 0 Å². The average Bonchev–Trinajstić information content (AvgIpc) is 3.31. The van der Waals surface area contributed by atoms with Gasteiger partial charge in [0.1, 0.15) is 5.82 Å². The monoisotopic (exact) mass is 348 g/mol. The molecule has 0 bridgehead atoms. The Hall–Kier alpha value is -2.56. The summed E-state index contributed by atoms with van der Waals surface area (Å²) in [5.74, 6) is 1.45. The minimum Gasteiger partial charge on any atom is -0.358 e. The molecule has 1 atom stereocenters. The molecule has 5 heteroatoms. The molecule has 1 amide bonds. The Morgan fingerprint density at radius 1 is 1.31 bits per heavy atom. The van der Waals surface area contributed by atoms with E-state index in [2.05, 4.69) is 27.4 Å². The zero-order valence-electron chi connectivity index (χ0n) is 15.1. The summed E-state index contributed by atoms with van der Waals surface area (Å²) in [6.45, 7) is 0. The first kappa shape index (κ1) is 15.7. The minimum atomic E-state index is -0.00226. The Kier molecular flexibility index (Phi) is 3.62. The molecule has 5 rings (SSSR count). The zero-order chi connectivity index (χ0) is 17.7. The molecule has 0 radical (unpaired) electrons. The smallest absolute Gasteiger partial charge is 0.251 e. The molecular formula is C21H24N4O. The van der Waals surface area contributed by atoms with Crippen LogP contribution in [0.2, 0.25) is 0 Å². The maximum Gasteiger partial charge on any atom is 0.251 e. The van der Waals surface area contributed by atoms with Gasteiger partial charge in [0.2, 0.25) is 0 Å². The van der Waals surface area contributed by atoms with E-state index in [0.717, 1.165) is 42.6 Å². The summed E-state index contributed by atoms with van der Waals surface area (Å²) in [6, 6.07) is 6.05. The molecule has 2 heterocycles. The maximum absolute atomic E-state index is 13.0. The van der Waals surface area contributed by atoms with Crippen molar-refractivity contribution in [2.24, 2.45) is 13.0 Å². The fraction of sp³-hybridized carbons (Fsp3) is 0.429. The van der Waals surface area contributed by atoms with Gasteiger partial charge in [0.05, 0.1) is 6.04 Å². The number of benzene rings is 1. The van der Waals surface area contributed by atoms with Crippen molar-refractivity contribution in [3.05, 3.63) is 53.2 Å². The van der Waals surface area contributed by atoms with Gasteiger partial charge in [-0.3, -0.25) is 4.79 Å². The first-order valence-electron chi connectivity index (χ1n) is 9.62. The van der Waals surface area contributed by atoms with Gasteiger partial charge >= 0.3 is 0 Å². The van der Waals surface area contributed by atoms with E-state index in [-0.39, 0.29) is 11.9 Å². The van der Waals surface area contributed by atoms with Gasteiger partial charge in [-0.15, -0.1) is 0 Å². The van der Waals surface area contributed by atoms with Gasteiger partial charge in [-0.05, 0) is 68.2 Å². The second-order valence-corrected chi connectivity index (χ2v) is 7.73. The Balaban J connectivity index is 1.45. The van der Waals surface area contributed by atoms with Crippen LogP contribution in [-0.4, -0.2) is 20.4 Å². The van der Waals surface area contributed by atoms with E-state index in [9.17, 15) is 4.79 Å². The van der Waals surface area contributed by atoms with E-state index >= 15 is 0 Å².